The van der Waals surface area contributed by atoms with Gasteiger partial charge in [0.2, 0.25) is 0 Å². The molecule has 3 heteroatoms. The minimum Gasteiger partial charge on any atom is -0.497 e. The average molecular weight is 327 g/mol. The van der Waals surface area contributed by atoms with Crippen LogP contribution in [0.15, 0.2) is 42.5 Å². The van der Waals surface area contributed by atoms with E-state index in [2.05, 4.69) is 57.3 Å². The third-order valence-corrected chi connectivity index (χ3v) is 4.34. The van der Waals surface area contributed by atoms with Crippen LogP contribution in [0.25, 0.3) is 0 Å². The topological polar surface area (TPSA) is 30.5 Å². The van der Waals surface area contributed by atoms with Gasteiger partial charge < -0.3 is 14.8 Å². The molecule has 0 aliphatic heterocycles. The van der Waals surface area contributed by atoms with Crippen molar-refractivity contribution in [3.8, 4) is 11.5 Å². The fraction of sp³-hybridized carbons (Fsp3) is 0.429. The van der Waals surface area contributed by atoms with E-state index in [0.717, 1.165) is 23.6 Å². The molecule has 2 aromatic carbocycles. The quantitative estimate of drug-likeness (QED) is 0.822. The molecule has 2 rings (SSSR count). The highest BCUT2D eigenvalue weighted by Gasteiger charge is 2.14. The van der Waals surface area contributed by atoms with Crippen LogP contribution in [0.1, 0.15) is 50.4 Å². The first-order valence-electron chi connectivity index (χ1n) is 8.40. The van der Waals surface area contributed by atoms with Gasteiger partial charge in [-0.2, -0.15) is 0 Å². The van der Waals surface area contributed by atoms with E-state index in [4.69, 9.17) is 9.47 Å². The van der Waals surface area contributed by atoms with Crippen molar-refractivity contribution in [3.63, 3.8) is 0 Å². The first-order valence-corrected chi connectivity index (χ1v) is 8.40. The number of nitrogens with one attached hydrogen (secondary N) is 1. The Hall–Kier alpha value is -2.00. The Morgan fingerprint density at radius 1 is 0.958 bits per heavy atom. The number of benzene rings is 2. The lowest BCUT2D eigenvalue weighted by Gasteiger charge is -2.20. The van der Waals surface area contributed by atoms with Crippen LogP contribution in [0.3, 0.4) is 0 Å². The Labute approximate surface area is 146 Å². The molecule has 1 unspecified atom stereocenters. The molecule has 0 amide bonds. The minimum atomic E-state index is 0.164. The molecule has 0 fully saturated rings. The third kappa shape index (κ3) is 4.51. The SMILES string of the molecule is COc1ccc(OC)c(C(C)NCc2ccc(C(C)(C)C)cc2)c1. The molecular weight excluding hydrogens is 298 g/mol. The molecule has 1 atom stereocenters. The van der Waals surface area contributed by atoms with E-state index in [-0.39, 0.29) is 11.5 Å². The largest absolute Gasteiger partial charge is 0.497 e. The van der Waals surface area contributed by atoms with Gasteiger partial charge in [-0.1, -0.05) is 45.0 Å². The van der Waals surface area contributed by atoms with E-state index in [1.807, 2.05) is 18.2 Å². The van der Waals surface area contributed by atoms with Gasteiger partial charge in [-0.05, 0) is 41.7 Å². The van der Waals surface area contributed by atoms with Gasteiger partial charge in [-0.15, -0.1) is 0 Å². The van der Waals surface area contributed by atoms with Gasteiger partial charge in [0.15, 0.2) is 0 Å². The van der Waals surface area contributed by atoms with E-state index in [0.29, 0.717) is 0 Å². The molecule has 0 bridgehead atoms. The highest BCUT2D eigenvalue weighted by molar-refractivity contribution is 5.42. The van der Waals surface area contributed by atoms with Crippen molar-refractivity contribution in [2.75, 3.05) is 14.2 Å². The lowest BCUT2D eigenvalue weighted by molar-refractivity contribution is 0.391. The van der Waals surface area contributed by atoms with Crippen molar-refractivity contribution >= 4 is 0 Å². The highest BCUT2D eigenvalue weighted by atomic mass is 16.5. The fourth-order valence-corrected chi connectivity index (χ4v) is 2.68. The van der Waals surface area contributed by atoms with E-state index in [1.54, 1.807) is 14.2 Å². The van der Waals surface area contributed by atoms with Crippen LogP contribution < -0.4 is 14.8 Å². The van der Waals surface area contributed by atoms with Crippen molar-refractivity contribution in [1.82, 2.24) is 5.32 Å². The Balaban J connectivity index is 2.06. The number of methoxy groups -OCH3 is 2. The van der Waals surface area contributed by atoms with Crippen molar-refractivity contribution in [2.45, 2.75) is 45.7 Å². The first kappa shape index (κ1) is 18.3. The minimum absolute atomic E-state index is 0.164. The fourth-order valence-electron chi connectivity index (χ4n) is 2.68. The summed E-state index contributed by atoms with van der Waals surface area (Å²) in [7, 11) is 3.38. The van der Waals surface area contributed by atoms with Gasteiger partial charge in [0.05, 0.1) is 14.2 Å². The molecule has 1 N–H and O–H groups in total. The molecule has 0 aliphatic carbocycles. The number of rotatable bonds is 6. The molecule has 130 valence electrons. The van der Waals surface area contributed by atoms with E-state index in [1.165, 1.54) is 11.1 Å². The standard InChI is InChI=1S/C21H29NO2/c1-15(19-13-18(23-5)11-12-20(19)24-6)22-14-16-7-9-17(10-8-16)21(2,3)4/h7-13,15,22H,14H2,1-6H3. The molecule has 2 aromatic rings. The predicted octanol–water partition coefficient (Wildman–Crippen LogP) is 4.85. The molecule has 0 aromatic heterocycles. The summed E-state index contributed by atoms with van der Waals surface area (Å²) >= 11 is 0. The summed E-state index contributed by atoms with van der Waals surface area (Å²) in [4.78, 5) is 0. The maximum Gasteiger partial charge on any atom is 0.123 e. The lowest BCUT2D eigenvalue weighted by atomic mass is 9.87. The predicted molar refractivity (Wildman–Crippen MR) is 99.9 cm³/mol. The van der Waals surface area contributed by atoms with Crippen LogP contribution >= 0.6 is 0 Å². The van der Waals surface area contributed by atoms with Crippen molar-refractivity contribution in [1.29, 1.82) is 0 Å². The van der Waals surface area contributed by atoms with Gasteiger partial charge in [0.25, 0.3) is 0 Å². The Morgan fingerprint density at radius 3 is 2.17 bits per heavy atom. The van der Waals surface area contributed by atoms with Crippen molar-refractivity contribution in [3.05, 3.63) is 59.2 Å². The maximum atomic E-state index is 5.48. The van der Waals surface area contributed by atoms with Crippen LogP contribution in [-0.2, 0) is 12.0 Å². The molecule has 0 saturated heterocycles. The first-order chi connectivity index (χ1) is 11.3. The lowest BCUT2D eigenvalue weighted by Crippen LogP contribution is -2.19. The van der Waals surface area contributed by atoms with Gasteiger partial charge in [-0.3, -0.25) is 0 Å². The second-order valence-corrected chi connectivity index (χ2v) is 7.16. The molecule has 0 spiro atoms. The van der Waals surface area contributed by atoms with Crippen LogP contribution in [0.2, 0.25) is 0 Å². The molecule has 3 nitrogen and oxygen atoms in total. The monoisotopic (exact) mass is 327 g/mol. The van der Waals surface area contributed by atoms with Gasteiger partial charge in [0.1, 0.15) is 11.5 Å². The Bertz CT molecular complexity index is 657. The number of hydrogen-bond donors (Lipinski definition) is 1. The summed E-state index contributed by atoms with van der Waals surface area (Å²) in [6.45, 7) is 9.65. The molecule has 0 saturated carbocycles. The normalized spacial score (nSPS) is 12.8. The molecule has 24 heavy (non-hydrogen) atoms. The zero-order valence-electron chi connectivity index (χ0n) is 15.6. The summed E-state index contributed by atoms with van der Waals surface area (Å²) in [6, 6.07) is 14.9. The molecule has 0 aliphatic rings. The van der Waals surface area contributed by atoms with Gasteiger partial charge in [-0.25, -0.2) is 0 Å². The molecule has 0 heterocycles. The third-order valence-electron chi connectivity index (χ3n) is 4.34. The number of hydrogen-bond acceptors (Lipinski definition) is 3. The second kappa shape index (κ2) is 7.71. The maximum absolute atomic E-state index is 5.48. The van der Waals surface area contributed by atoms with Gasteiger partial charge >= 0.3 is 0 Å². The van der Waals surface area contributed by atoms with Crippen molar-refractivity contribution in [2.24, 2.45) is 0 Å². The second-order valence-electron chi connectivity index (χ2n) is 7.16. The summed E-state index contributed by atoms with van der Waals surface area (Å²) in [5.41, 5.74) is 3.92. The summed E-state index contributed by atoms with van der Waals surface area (Å²) in [5.74, 6) is 1.72. The average Bonchev–Trinajstić information content (AvgIpc) is 2.58. The zero-order valence-corrected chi connectivity index (χ0v) is 15.6. The summed E-state index contributed by atoms with van der Waals surface area (Å²) < 4.78 is 10.8. The summed E-state index contributed by atoms with van der Waals surface area (Å²) in [5, 5.41) is 3.56. The molecule has 0 radical (unpaired) electrons. The van der Waals surface area contributed by atoms with Crippen LogP contribution in [0, 0.1) is 0 Å². The van der Waals surface area contributed by atoms with Crippen LogP contribution in [0.4, 0.5) is 0 Å². The van der Waals surface area contributed by atoms with E-state index >= 15 is 0 Å². The van der Waals surface area contributed by atoms with Crippen LogP contribution in [-0.4, -0.2) is 14.2 Å². The van der Waals surface area contributed by atoms with E-state index < -0.39 is 0 Å². The van der Waals surface area contributed by atoms with Gasteiger partial charge in [0, 0.05) is 18.2 Å². The smallest absolute Gasteiger partial charge is 0.123 e. The van der Waals surface area contributed by atoms with Crippen LogP contribution in [0.5, 0.6) is 11.5 Å². The zero-order chi connectivity index (χ0) is 17.7. The van der Waals surface area contributed by atoms with Crippen molar-refractivity contribution < 1.29 is 9.47 Å². The highest BCUT2D eigenvalue weighted by Crippen LogP contribution is 2.29. The van der Waals surface area contributed by atoms with E-state index in [9.17, 15) is 0 Å². The number of ether oxygens (including phenoxy) is 2. The molecular formula is C21H29NO2. The Kier molecular flexibility index (Phi) is 5.89. The Morgan fingerprint density at radius 2 is 1.62 bits per heavy atom. The summed E-state index contributed by atoms with van der Waals surface area (Å²) in [6.07, 6.45) is 0.